The lowest BCUT2D eigenvalue weighted by atomic mass is 10.3. The minimum atomic E-state index is -3.25. The molecule has 1 fully saturated rings. The Labute approximate surface area is 156 Å². The number of aromatic nitrogens is 2. The van der Waals surface area contributed by atoms with E-state index in [1.165, 1.54) is 0 Å². The van der Waals surface area contributed by atoms with Gasteiger partial charge in [-0.25, -0.2) is 13.4 Å². The Morgan fingerprint density at radius 3 is 2.40 bits per heavy atom. The monoisotopic (exact) mass is 424 g/mol. The van der Waals surface area contributed by atoms with Crippen molar-refractivity contribution in [3.05, 3.63) is 46.8 Å². The van der Waals surface area contributed by atoms with Crippen molar-refractivity contribution in [3.8, 4) is 0 Å². The molecule has 0 unspecified atom stereocenters. The largest absolute Gasteiger partial charge is 0.353 e. The van der Waals surface area contributed by atoms with Gasteiger partial charge in [-0.3, -0.25) is 9.88 Å². The molecule has 6 nitrogen and oxygen atoms in total. The van der Waals surface area contributed by atoms with E-state index in [4.69, 9.17) is 0 Å². The van der Waals surface area contributed by atoms with Crippen molar-refractivity contribution in [1.82, 2.24) is 14.9 Å². The summed E-state index contributed by atoms with van der Waals surface area (Å²) in [5, 5.41) is 0. The van der Waals surface area contributed by atoms with E-state index in [1.807, 2.05) is 6.92 Å². The number of nitrogens with zero attached hydrogens (tertiary/aromatic N) is 4. The highest BCUT2D eigenvalue weighted by molar-refractivity contribution is 9.10. The highest BCUT2D eigenvalue weighted by atomic mass is 79.9. The molecule has 0 radical (unpaired) electrons. The third-order valence-corrected chi connectivity index (χ3v) is 6.53. The van der Waals surface area contributed by atoms with E-state index in [1.54, 1.807) is 36.7 Å². The van der Waals surface area contributed by atoms with Crippen LogP contribution in [0.3, 0.4) is 0 Å². The number of piperazine rings is 1. The highest BCUT2D eigenvalue weighted by Gasteiger charge is 2.21. The summed E-state index contributed by atoms with van der Waals surface area (Å²) in [6.45, 7) is 5.79. The molecule has 1 saturated heterocycles. The van der Waals surface area contributed by atoms with Crippen molar-refractivity contribution in [2.75, 3.05) is 43.4 Å². The Balaban J connectivity index is 1.53. The molecule has 25 heavy (non-hydrogen) atoms. The van der Waals surface area contributed by atoms with Gasteiger partial charge in [0.1, 0.15) is 5.82 Å². The number of hydrogen-bond acceptors (Lipinski definition) is 6. The van der Waals surface area contributed by atoms with Gasteiger partial charge in [-0.05, 0) is 31.2 Å². The summed E-state index contributed by atoms with van der Waals surface area (Å²) in [6.07, 6.45) is 3.52. The molecule has 1 aliphatic rings. The average molecular weight is 425 g/mol. The van der Waals surface area contributed by atoms with E-state index in [2.05, 4.69) is 35.7 Å². The second-order valence-electron chi connectivity index (χ2n) is 6.12. The molecule has 0 saturated carbocycles. The van der Waals surface area contributed by atoms with Crippen molar-refractivity contribution < 1.29 is 8.42 Å². The summed E-state index contributed by atoms with van der Waals surface area (Å²) < 4.78 is 25.8. The van der Waals surface area contributed by atoms with Gasteiger partial charge in [0.05, 0.1) is 22.5 Å². The smallest absolute Gasteiger partial charge is 0.179 e. The number of benzene rings is 1. The zero-order valence-corrected chi connectivity index (χ0v) is 16.5. The van der Waals surface area contributed by atoms with Crippen LogP contribution < -0.4 is 4.90 Å². The summed E-state index contributed by atoms with van der Waals surface area (Å²) in [5.41, 5.74) is 0.903. The molecular formula is C17H21BrN4O2S. The molecule has 8 heteroatoms. The van der Waals surface area contributed by atoms with Gasteiger partial charge in [0, 0.05) is 43.4 Å². The van der Waals surface area contributed by atoms with E-state index >= 15 is 0 Å². The molecule has 0 atom stereocenters. The van der Waals surface area contributed by atoms with E-state index in [0.717, 1.165) is 42.2 Å². The maximum Gasteiger partial charge on any atom is 0.179 e. The molecule has 0 aliphatic carbocycles. The SMILES string of the molecule is Cc1cncc(N2CCN(CCS(=O)(=O)c3ccc(Br)cc3)CC2)n1. The average Bonchev–Trinajstić information content (AvgIpc) is 2.61. The summed E-state index contributed by atoms with van der Waals surface area (Å²) in [4.78, 5) is 13.4. The molecule has 3 rings (SSSR count). The van der Waals surface area contributed by atoms with Crippen molar-refractivity contribution in [2.24, 2.45) is 0 Å². The zero-order valence-electron chi connectivity index (χ0n) is 14.1. The lowest BCUT2D eigenvalue weighted by Crippen LogP contribution is -2.48. The van der Waals surface area contributed by atoms with Gasteiger partial charge in [-0.2, -0.15) is 0 Å². The Bertz CT molecular complexity index is 819. The maximum absolute atomic E-state index is 12.4. The molecular weight excluding hydrogens is 404 g/mol. The van der Waals surface area contributed by atoms with Crippen LogP contribution in [-0.4, -0.2) is 61.8 Å². The molecule has 0 N–H and O–H groups in total. The van der Waals surface area contributed by atoms with Crippen LogP contribution in [-0.2, 0) is 9.84 Å². The minimum Gasteiger partial charge on any atom is -0.353 e. The second kappa shape index (κ2) is 7.80. The molecule has 1 aromatic carbocycles. The topological polar surface area (TPSA) is 66.4 Å². The van der Waals surface area contributed by atoms with Crippen LogP contribution >= 0.6 is 15.9 Å². The normalized spacial score (nSPS) is 16.2. The predicted molar refractivity (Wildman–Crippen MR) is 102 cm³/mol. The first-order chi connectivity index (χ1) is 11.9. The Morgan fingerprint density at radius 1 is 1.08 bits per heavy atom. The summed E-state index contributed by atoms with van der Waals surface area (Å²) in [5.74, 6) is 1.03. The van der Waals surface area contributed by atoms with Crippen LogP contribution in [0.5, 0.6) is 0 Å². The van der Waals surface area contributed by atoms with Gasteiger partial charge in [-0.1, -0.05) is 15.9 Å². The first-order valence-corrected chi connectivity index (χ1v) is 10.6. The molecule has 2 aromatic rings. The number of halogens is 1. The minimum absolute atomic E-state index is 0.138. The van der Waals surface area contributed by atoms with Crippen molar-refractivity contribution in [2.45, 2.75) is 11.8 Å². The quantitative estimate of drug-likeness (QED) is 0.732. The lowest BCUT2D eigenvalue weighted by molar-refractivity contribution is 0.271. The molecule has 1 aromatic heterocycles. The fourth-order valence-electron chi connectivity index (χ4n) is 2.81. The van der Waals surface area contributed by atoms with Crippen molar-refractivity contribution >= 4 is 31.6 Å². The van der Waals surface area contributed by atoms with E-state index in [-0.39, 0.29) is 5.75 Å². The first-order valence-electron chi connectivity index (χ1n) is 8.18. The Hall–Kier alpha value is -1.51. The van der Waals surface area contributed by atoms with Crippen LogP contribution in [0.1, 0.15) is 5.69 Å². The van der Waals surface area contributed by atoms with Gasteiger partial charge in [-0.15, -0.1) is 0 Å². The lowest BCUT2D eigenvalue weighted by Gasteiger charge is -2.35. The van der Waals surface area contributed by atoms with Gasteiger partial charge in [0.25, 0.3) is 0 Å². The number of hydrogen-bond donors (Lipinski definition) is 0. The van der Waals surface area contributed by atoms with Gasteiger partial charge in [0.15, 0.2) is 9.84 Å². The van der Waals surface area contributed by atoms with E-state index < -0.39 is 9.84 Å². The summed E-state index contributed by atoms with van der Waals surface area (Å²) in [6, 6.07) is 6.81. The number of rotatable bonds is 5. The van der Waals surface area contributed by atoms with Crippen molar-refractivity contribution in [3.63, 3.8) is 0 Å². The van der Waals surface area contributed by atoms with Gasteiger partial charge < -0.3 is 4.90 Å². The van der Waals surface area contributed by atoms with Crippen LogP contribution in [0.15, 0.2) is 46.0 Å². The summed E-state index contributed by atoms with van der Waals surface area (Å²) >= 11 is 3.33. The van der Waals surface area contributed by atoms with Crippen LogP contribution in [0.2, 0.25) is 0 Å². The fraction of sp³-hybridized carbons (Fsp3) is 0.412. The highest BCUT2D eigenvalue weighted by Crippen LogP contribution is 2.17. The zero-order chi connectivity index (χ0) is 17.9. The van der Waals surface area contributed by atoms with Gasteiger partial charge in [0.2, 0.25) is 0 Å². The Morgan fingerprint density at radius 2 is 1.76 bits per heavy atom. The predicted octanol–water partition coefficient (Wildman–Crippen LogP) is 2.14. The third-order valence-electron chi connectivity index (χ3n) is 4.29. The molecule has 0 spiro atoms. The second-order valence-corrected chi connectivity index (χ2v) is 9.14. The molecule has 0 bridgehead atoms. The van der Waals surface area contributed by atoms with Crippen molar-refractivity contribution in [1.29, 1.82) is 0 Å². The van der Waals surface area contributed by atoms with Gasteiger partial charge >= 0.3 is 0 Å². The number of anilines is 1. The standard InChI is InChI=1S/C17H21BrN4O2S/c1-14-12-19-13-17(20-14)22-8-6-21(7-9-22)10-11-25(23,24)16-4-2-15(18)3-5-16/h2-5,12-13H,6-11H2,1H3. The summed E-state index contributed by atoms with van der Waals surface area (Å²) in [7, 11) is -3.25. The Kier molecular flexibility index (Phi) is 5.71. The van der Waals surface area contributed by atoms with Crippen LogP contribution in [0.4, 0.5) is 5.82 Å². The third kappa shape index (κ3) is 4.77. The molecule has 134 valence electrons. The molecule has 1 aliphatic heterocycles. The maximum atomic E-state index is 12.4. The van der Waals surface area contributed by atoms with E-state index in [0.29, 0.717) is 11.4 Å². The van der Waals surface area contributed by atoms with Crippen LogP contribution in [0, 0.1) is 6.92 Å². The molecule has 0 amide bonds. The number of sulfone groups is 1. The molecule has 2 heterocycles. The number of aryl methyl sites for hydroxylation is 1. The van der Waals surface area contributed by atoms with E-state index in [9.17, 15) is 8.42 Å². The van der Waals surface area contributed by atoms with Crippen LogP contribution in [0.25, 0.3) is 0 Å². The first kappa shape index (κ1) is 18.3. The fourth-order valence-corrected chi connectivity index (χ4v) is 4.36.